The second-order valence-electron chi connectivity index (χ2n) is 10.7. The summed E-state index contributed by atoms with van der Waals surface area (Å²) in [5.74, 6) is 1.47. The molecule has 2 aliphatic rings. The van der Waals surface area contributed by atoms with E-state index in [1.165, 1.54) is 0 Å². The van der Waals surface area contributed by atoms with E-state index in [2.05, 4.69) is 58.1 Å². The minimum Gasteiger partial charge on any atom is -0.413 e. The van der Waals surface area contributed by atoms with Crippen molar-refractivity contribution in [3.05, 3.63) is 0 Å². The molecule has 0 radical (unpaired) electrons. The van der Waals surface area contributed by atoms with Gasteiger partial charge in [0.2, 0.25) is 5.91 Å². The molecular weight excluding hydrogens is 390 g/mol. The van der Waals surface area contributed by atoms with Crippen molar-refractivity contribution in [3.63, 3.8) is 0 Å². The predicted molar refractivity (Wildman–Crippen MR) is 120 cm³/mol. The lowest BCUT2D eigenvalue weighted by molar-refractivity contribution is -0.155. The molecule has 0 saturated carbocycles. The third-order valence-corrected chi connectivity index (χ3v) is 14.5. The summed E-state index contributed by atoms with van der Waals surface area (Å²) in [6, 6.07) is 0.0256. The summed E-state index contributed by atoms with van der Waals surface area (Å²) in [7, 11) is -3.76. The van der Waals surface area contributed by atoms with Crippen molar-refractivity contribution in [3.8, 4) is 0 Å². The molecule has 2 heterocycles. The van der Waals surface area contributed by atoms with Crippen LogP contribution >= 0.6 is 11.8 Å². The number of carbonyl (C=O) groups excluding carboxylic acids is 2. The number of β-lactam (4-membered cyclic amide) rings is 1. The van der Waals surface area contributed by atoms with E-state index >= 15 is 0 Å². The van der Waals surface area contributed by atoms with Gasteiger partial charge in [0.05, 0.1) is 17.3 Å². The van der Waals surface area contributed by atoms with E-state index < -0.39 is 16.6 Å². The average Bonchev–Trinajstić information content (AvgIpc) is 2.96. The van der Waals surface area contributed by atoms with E-state index in [4.69, 9.17) is 4.43 Å². The van der Waals surface area contributed by atoms with Crippen molar-refractivity contribution in [2.45, 2.75) is 102 Å². The van der Waals surface area contributed by atoms with Gasteiger partial charge in [0.15, 0.2) is 16.6 Å². The van der Waals surface area contributed by atoms with Gasteiger partial charge in [-0.3, -0.25) is 9.59 Å². The Hall–Kier alpha value is -0.116. The fourth-order valence-corrected chi connectivity index (χ4v) is 8.73. The standard InChI is InChI=1S/C20H39NO3SSi2/c1-14(24-27(8,9)20(2,3)4)18-15(21(19(18)23)26(5,6)7)13-16(22)17-11-10-12-25-17/h14-15,17-18H,10-13H2,1-9H3/t14-,15-,17-,18-/m1/s1. The van der Waals surface area contributed by atoms with Crippen LogP contribution in [0.3, 0.4) is 0 Å². The highest BCUT2D eigenvalue weighted by molar-refractivity contribution is 8.00. The second kappa shape index (κ2) is 7.96. The lowest BCUT2D eigenvalue weighted by Gasteiger charge is -2.56. The smallest absolute Gasteiger partial charge is 0.222 e. The third-order valence-electron chi connectivity index (χ3n) is 6.48. The molecule has 2 saturated heterocycles. The SMILES string of the molecule is C[C@@H](O[Si](C)(C)C(C)(C)C)[C@H]1C(=O)N([Si](C)(C)C)[C@@H]1CC(=O)[C@H]1CCCS1. The molecule has 0 N–H and O–H groups in total. The predicted octanol–water partition coefficient (Wildman–Crippen LogP) is 4.91. The molecule has 2 fully saturated rings. The van der Waals surface area contributed by atoms with Crippen LogP contribution in [0.5, 0.6) is 0 Å². The van der Waals surface area contributed by atoms with Gasteiger partial charge in [-0.15, -0.1) is 0 Å². The highest BCUT2D eigenvalue weighted by Crippen LogP contribution is 2.43. The summed E-state index contributed by atoms with van der Waals surface area (Å²) in [5.41, 5.74) is 0. The van der Waals surface area contributed by atoms with E-state index in [0.29, 0.717) is 12.2 Å². The molecule has 7 heteroatoms. The van der Waals surface area contributed by atoms with Crippen molar-refractivity contribution in [1.82, 2.24) is 4.57 Å². The Morgan fingerprint density at radius 1 is 1.26 bits per heavy atom. The van der Waals surface area contributed by atoms with Crippen LogP contribution in [0, 0.1) is 5.92 Å². The van der Waals surface area contributed by atoms with E-state index in [1.54, 1.807) is 11.8 Å². The Morgan fingerprint density at radius 3 is 2.30 bits per heavy atom. The molecule has 0 aromatic heterocycles. The molecule has 2 aliphatic heterocycles. The second-order valence-corrected chi connectivity index (χ2v) is 21.6. The topological polar surface area (TPSA) is 46.6 Å². The number of amides is 1. The normalized spacial score (nSPS) is 28.3. The van der Waals surface area contributed by atoms with E-state index in [9.17, 15) is 9.59 Å². The first kappa shape index (κ1) is 23.2. The molecular formula is C20H39NO3SSi2. The zero-order valence-corrected chi connectivity index (χ0v) is 21.5. The summed E-state index contributed by atoms with van der Waals surface area (Å²) in [4.78, 5) is 25.9. The fraction of sp³-hybridized carbons (Fsp3) is 0.900. The van der Waals surface area contributed by atoms with Crippen LogP contribution in [0.2, 0.25) is 37.8 Å². The Morgan fingerprint density at radius 2 is 1.85 bits per heavy atom. The van der Waals surface area contributed by atoms with Gasteiger partial charge in [-0.2, -0.15) is 11.8 Å². The lowest BCUT2D eigenvalue weighted by Crippen LogP contribution is -2.72. The summed E-state index contributed by atoms with van der Waals surface area (Å²) in [6.07, 6.45) is 2.51. The Kier molecular flexibility index (Phi) is 6.83. The third kappa shape index (κ3) is 4.90. The van der Waals surface area contributed by atoms with Gasteiger partial charge < -0.3 is 8.99 Å². The van der Waals surface area contributed by atoms with Crippen LogP contribution in [0.1, 0.15) is 47.0 Å². The van der Waals surface area contributed by atoms with E-state index in [1.807, 2.05) is 6.92 Å². The molecule has 4 atom stereocenters. The Bertz CT molecular complexity index is 577. The van der Waals surface area contributed by atoms with Crippen LogP contribution in [0.4, 0.5) is 0 Å². The first-order valence-electron chi connectivity index (χ1n) is 10.3. The van der Waals surface area contributed by atoms with Crippen LogP contribution in [0.15, 0.2) is 0 Å². The van der Waals surface area contributed by atoms with Crippen LogP contribution in [0.25, 0.3) is 0 Å². The van der Waals surface area contributed by atoms with Crippen LogP contribution in [-0.4, -0.2) is 56.0 Å². The molecule has 0 aromatic carbocycles. The highest BCUT2D eigenvalue weighted by Gasteiger charge is 2.56. The number of thioether (sulfide) groups is 1. The number of ketones is 1. The van der Waals surface area contributed by atoms with Crippen molar-refractivity contribution in [2.75, 3.05) is 5.75 Å². The molecule has 1 amide bonds. The van der Waals surface area contributed by atoms with Crippen LogP contribution in [-0.2, 0) is 14.0 Å². The molecule has 2 rings (SSSR count). The summed E-state index contributed by atoms with van der Waals surface area (Å²) < 4.78 is 8.64. The first-order valence-corrected chi connectivity index (χ1v) is 17.7. The zero-order valence-electron chi connectivity index (χ0n) is 18.7. The number of Topliss-reactive ketones (excluding diaryl/α,β-unsaturated/α-hetero) is 1. The minimum absolute atomic E-state index is 0.0256. The number of nitrogens with zero attached hydrogens (tertiary/aromatic N) is 1. The minimum atomic E-state index is -1.95. The number of hydrogen-bond donors (Lipinski definition) is 0. The molecule has 0 aromatic rings. The number of carbonyl (C=O) groups is 2. The maximum absolute atomic E-state index is 13.1. The molecule has 0 unspecified atom stereocenters. The monoisotopic (exact) mass is 429 g/mol. The molecule has 4 nitrogen and oxygen atoms in total. The molecule has 0 spiro atoms. The lowest BCUT2D eigenvalue weighted by atomic mass is 9.82. The maximum Gasteiger partial charge on any atom is 0.222 e. The Labute approximate surface area is 172 Å². The highest BCUT2D eigenvalue weighted by atomic mass is 32.2. The zero-order chi connectivity index (χ0) is 20.8. The molecule has 0 aliphatic carbocycles. The van der Waals surface area contributed by atoms with Gasteiger partial charge in [-0.1, -0.05) is 40.4 Å². The van der Waals surface area contributed by atoms with Crippen molar-refractivity contribution in [1.29, 1.82) is 0 Å². The van der Waals surface area contributed by atoms with E-state index in [-0.39, 0.29) is 34.3 Å². The summed E-state index contributed by atoms with van der Waals surface area (Å²) >= 11 is 1.79. The van der Waals surface area contributed by atoms with Gasteiger partial charge in [0.25, 0.3) is 0 Å². The van der Waals surface area contributed by atoms with Gasteiger partial charge in [0, 0.05) is 12.5 Å². The Balaban J connectivity index is 2.17. The quantitative estimate of drug-likeness (QED) is 0.426. The van der Waals surface area contributed by atoms with Crippen molar-refractivity contribution in [2.24, 2.45) is 5.92 Å². The molecule has 0 bridgehead atoms. The summed E-state index contributed by atoms with van der Waals surface area (Å²) in [5, 5.41) is 0.250. The average molecular weight is 430 g/mol. The van der Waals surface area contributed by atoms with Gasteiger partial charge in [-0.25, -0.2) is 0 Å². The maximum atomic E-state index is 13.1. The van der Waals surface area contributed by atoms with Crippen molar-refractivity contribution >= 4 is 40.0 Å². The van der Waals surface area contributed by atoms with E-state index in [0.717, 1.165) is 18.6 Å². The number of rotatable bonds is 7. The number of hydrogen-bond acceptors (Lipinski definition) is 4. The van der Waals surface area contributed by atoms with Gasteiger partial charge >= 0.3 is 0 Å². The van der Waals surface area contributed by atoms with Gasteiger partial charge in [-0.05, 0) is 43.7 Å². The first-order chi connectivity index (χ1) is 12.2. The van der Waals surface area contributed by atoms with Crippen LogP contribution < -0.4 is 0 Å². The largest absolute Gasteiger partial charge is 0.413 e. The fourth-order valence-electron chi connectivity index (χ4n) is 4.01. The van der Waals surface area contributed by atoms with Crippen molar-refractivity contribution < 1.29 is 14.0 Å². The molecule has 156 valence electrons. The van der Waals surface area contributed by atoms with Gasteiger partial charge in [0.1, 0.15) is 5.78 Å². The summed E-state index contributed by atoms with van der Waals surface area (Å²) in [6.45, 7) is 19.8. The molecule has 27 heavy (non-hydrogen) atoms.